The van der Waals surface area contributed by atoms with Crippen molar-refractivity contribution in [3.63, 3.8) is 0 Å². The number of hydrogen-bond donors (Lipinski definition) is 2. The summed E-state index contributed by atoms with van der Waals surface area (Å²) in [5.41, 5.74) is 2.39. The van der Waals surface area contributed by atoms with Gasteiger partial charge in [0.2, 0.25) is 0 Å². The molecule has 1 aliphatic carbocycles. The Kier molecular flexibility index (Phi) is 5.14. The van der Waals surface area contributed by atoms with Gasteiger partial charge >= 0.3 is 6.03 Å². The lowest BCUT2D eigenvalue weighted by Crippen LogP contribution is -2.40. The zero-order chi connectivity index (χ0) is 16.8. The van der Waals surface area contributed by atoms with E-state index in [4.69, 9.17) is 0 Å². The Morgan fingerprint density at radius 3 is 2.38 bits per heavy atom. The van der Waals surface area contributed by atoms with Gasteiger partial charge in [-0.15, -0.1) is 0 Å². The fraction of sp³-hybridized carbons (Fsp3) is 0.350. The van der Waals surface area contributed by atoms with E-state index in [0.29, 0.717) is 13.1 Å². The number of aryl methyl sites for hydroxylation is 1. The third kappa shape index (κ3) is 4.34. The molecule has 4 heteroatoms. The first-order valence-electron chi connectivity index (χ1n) is 8.50. The first-order valence-corrected chi connectivity index (χ1v) is 8.50. The van der Waals surface area contributed by atoms with Crippen molar-refractivity contribution < 1.29 is 9.18 Å². The van der Waals surface area contributed by atoms with Crippen molar-refractivity contribution in [3.8, 4) is 0 Å². The highest BCUT2D eigenvalue weighted by molar-refractivity contribution is 5.74. The topological polar surface area (TPSA) is 41.1 Å². The number of halogens is 1. The molecule has 0 aliphatic heterocycles. The minimum Gasteiger partial charge on any atom is -0.338 e. The van der Waals surface area contributed by atoms with Crippen molar-refractivity contribution in [2.24, 2.45) is 0 Å². The Balaban J connectivity index is 1.37. The zero-order valence-electron chi connectivity index (χ0n) is 13.7. The molecule has 2 amide bonds. The number of benzene rings is 2. The van der Waals surface area contributed by atoms with Crippen LogP contribution in [0, 0.1) is 5.82 Å². The van der Waals surface area contributed by atoms with E-state index in [9.17, 15) is 9.18 Å². The van der Waals surface area contributed by atoms with E-state index in [1.54, 1.807) is 0 Å². The molecule has 1 fully saturated rings. The zero-order valence-corrected chi connectivity index (χ0v) is 13.7. The summed E-state index contributed by atoms with van der Waals surface area (Å²) >= 11 is 0. The molecular weight excluding hydrogens is 303 g/mol. The lowest BCUT2D eigenvalue weighted by molar-refractivity contribution is 0.239. The molecule has 1 saturated carbocycles. The second-order valence-electron chi connectivity index (χ2n) is 6.49. The van der Waals surface area contributed by atoms with Crippen LogP contribution in [-0.4, -0.2) is 19.1 Å². The first-order chi connectivity index (χ1) is 11.7. The highest BCUT2D eigenvalue weighted by Gasteiger charge is 2.44. The molecular formula is C20H23FN2O. The van der Waals surface area contributed by atoms with Gasteiger partial charge in [-0.25, -0.2) is 9.18 Å². The molecule has 0 spiro atoms. The lowest BCUT2D eigenvalue weighted by atomic mass is 9.96. The molecule has 0 atom stereocenters. The minimum absolute atomic E-state index is 0.00488. The van der Waals surface area contributed by atoms with Crippen LogP contribution >= 0.6 is 0 Å². The van der Waals surface area contributed by atoms with Crippen LogP contribution < -0.4 is 10.6 Å². The number of urea groups is 1. The number of rotatable bonds is 7. The molecule has 3 nitrogen and oxygen atoms in total. The minimum atomic E-state index is -0.223. The number of hydrogen-bond acceptors (Lipinski definition) is 1. The molecule has 0 saturated heterocycles. The number of carbonyl (C=O) groups excluding carboxylic acids is 1. The van der Waals surface area contributed by atoms with Gasteiger partial charge in [0.15, 0.2) is 0 Å². The predicted octanol–water partition coefficient (Wildman–Crippen LogP) is 3.79. The predicted molar refractivity (Wildman–Crippen MR) is 93.5 cm³/mol. The molecule has 0 radical (unpaired) electrons. The van der Waals surface area contributed by atoms with Crippen molar-refractivity contribution in [1.82, 2.24) is 10.6 Å². The SMILES string of the molecule is O=C(NCCCc1ccccc1)NCC1(c2ccc(F)cc2)CC1. The Morgan fingerprint density at radius 1 is 1.00 bits per heavy atom. The average molecular weight is 326 g/mol. The molecule has 1 aliphatic rings. The Labute approximate surface area is 142 Å². The van der Waals surface area contributed by atoms with E-state index in [-0.39, 0.29) is 17.3 Å². The normalized spacial score (nSPS) is 14.9. The van der Waals surface area contributed by atoms with Crippen LogP contribution in [0.4, 0.5) is 9.18 Å². The maximum Gasteiger partial charge on any atom is 0.314 e. The van der Waals surface area contributed by atoms with Gasteiger partial charge in [0.05, 0.1) is 0 Å². The van der Waals surface area contributed by atoms with E-state index >= 15 is 0 Å². The fourth-order valence-corrected chi connectivity index (χ4v) is 2.97. The third-order valence-corrected chi connectivity index (χ3v) is 4.67. The van der Waals surface area contributed by atoms with Crippen molar-refractivity contribution >= 4 is 6.03 Å². The van der Waals surface area contributed by atoms with Gasteiger partial charge in [-0.3, -0.25) is 0 Å². The second-order valence-corrected chi connectivity index (χ2v) is 6.49. The van der Waals surface area contributed by atoms with Crippen molar-refractivity contribution in [2.45, 2.75) is 31.1 Å². The van der Waals surface area contributed by atoms with E-state index in [1.165, 1.54) is 17.7 Å². The van der Waals surface area contributed by atoms with Gasteiger partial charge in [0.25, 0.3) is 0 Å². The van der Waals surface area contributed by atoms with Gasteiger partial charge in [0.1, 0.15) is 5.82 Å². The Morgan fingerprint density at radius 2 is 1.71 bits per heavy atom. The maximum atomic E-state index is 13.0. The van der Waals surface area contributed by atoms with Gasteiger partial charge < -0.3 is 10.6 Å². The summed E-state index contributed by atoms with van der Waals surface area (Å²) in [5.74, 6) is -0.223. The summed E-state index contributed by atoms with van der Waals surface area (Å²) < 4.78 is 13.0. The fourth-order valence-electron chi connectivity index (χ4n) is 2.97. The van der Waals surface area contributed by atoms with Gasteiger partial charge in [0, 0.05) is 18.5 Å². The summed E-state index contributed by atoms with van der Waals surface area (Å²) in [6.45, 7) is 1.26. The molecule has 0 heterocycles. The summed E-state index contributed by atoms with van der Waals surface area (Å²) in [6.07, 6.45) is 3.95. The molecule has 24 heavy (non-hydrogen) atoms. The van der Waals surface area contributed by atoms with Crippen LogP contribution in [0.15, 0.2) is 54.6 Å². The molecule has 0 bridgehead atoms. The third-order valence-electron chi connectivity index (χ3n) is 4.67. The van der Waals surface area contributed by atoms with E-state index in [2.05, 4.69) is 22.8 Å². The highest BCUT2D eigenvalue weighted by atomic mass is 19.1. The lowest BCUT2D eigenvalue weighted by Gasteiger charge is -2.17. The van der Waals surface area contributed by atoms with Crippen molar-refractivity contribution in [1.29, 1.82) is 0 Å². The number of carbonyl (C=O) groups is 1. The van der Waals surface area contributed by atoms with Crippen molar-refractivity contribution in [3.05, 3.63) is 71.5 Å². The van der Waals surface area contributed by atoms with Crippen LogP contribution in [0.2, 0.25) is 0 Å². The van der Waals surface area contributed by atoms with Gasteiger partial charge in [-0.05, 0) is 48.9 Å². The summed E-state index contributed by atoms with van der Waals surface area (Å²) in [6, 6.07) is 16.7. The molecule has 2 aromatic rings. The number of nitrogens with one attached hydrogen (secondary N) is 2. The second kappa shape index (κ2) is 7.47. The van der Waals surface area contributed by atoms with Crippen LogP contribution in [0.25, 0.3) is 0 Å². The first kappa shape index (κ1) is 16.5. The molecule has 2 N–H and O–H groups in total. The molecule has 0 unspecified atom stereocenters. The van der Waals surface area contributed by atoms with E-state index in [1.807, 2.05) is 30.3 Å². The summed E-state index contributed by atoms with van der Waals surface area (Å²) in [4.78, 5) is 11.9. The van der Waals surface area contributed by atoms with Crippen LogP contribution in [0.5, 0.6) is 0 Å². The van der Waals surface area contributed by atoms with E-state index in [0.717, 1.165) is 31.2 Å². The van der Waals surface area contributed by atoms with Gasteiger partial charge in [-0.2, -0.15) is 0 Å². The molecule has 3 rings (SSSR count). The standard InChI is InChI=1S/C20H23FN2O/c21-18-10-8-17(9-11-18)20(12-13-20)15-23-19(24)22-14-4-7-16-5-2-1-3-6-16/h1-3,5-6,8-11H,4,7,12-15H2,(H2,22,23,24). The largest absolute Gasteiger partial charge is 0.338 e. The van der Waals surface area contributed by atoms with Crippen LogP contribution in [0.3, 0.4) is 0 Å². The quantitative estimate of drug-likeness (QED) is 0.747. The molecule has 126 valence electrons. The van der Waals surface area contributed by atoms with Crippen LogP contribution in [0.1, 0.15) is 30.4 Å². The monoisotopic (exact) mass is 326 g/mol. The Hall–Kier alpha value is -2.36. The summed E-state index contributed by atoms with van der Waals surface area (Å²) in [7, 11) is 0. The maximum absolute atomic E-state index is 13.0. The van der Waals surface area contributed by atoms with E-state index < -0.39 is 0 Å². The van der Waals surface area contributed by atoms with Crippen LogP contribution in [-0.2, 0) is 11.8 Å². The average Bonchev–Trinajstić information content (AvgIpc) is 3.40. The number of amides is 2. The Bertz CT molecular complexity index is 666. The smallest absolute Gasteiger partial charge is 0.314 e. The highest BCUT2D eigenvalue weighted by Crippen LogP contribution is 2.47. The summed E-state index contributed by atoms with van der Waals surface area (Å²) in [5, 5.41) is 5.86. The molecule has 2 aromatic carbocycles. The molecule has 0 aromatic heterocycles. The van der Waals surface area contributed by atoms with Gasteiger partial charge in [-0.1, -0.05) is 42.5 Å². The van der Waals surface area contributed by atoms with Crippen molar-refractivity contribution in [2.75, 3.05) is 13.1 Å².